The summed E-state index contributed by atoms with van der Waals surface area (Å²) in [5, 5.41) is 3.26. The van der Waals surface area contributed by atoms with E-state index in [4.69, 9.17) is 16.3 Å². The highest BCUT2D eigenvalue weighted by Crippen LogP contribution is 2.18. The first-order valence-corrected chi connectivity index (χ1v) is 8.49. The molecule has 26 heavy (non-hydrogen) atoms. The predicted octanol–water partition coefficient (Wildman–Crippen LogP) is 3.01. The molecular formula is C19H17ClN2O4. The lowest BCUT2D eigenvalue weighted by molar-refractivity contribution is -0.139. The molecule has 1 aliphatic heterocycles. The lowest BCUT2D eigenvalue weighted by Crippen LogP contribution is -2.28. The van der Waals surface area contributed by atoms with Crippen LogP contribution in [0.15, 0.2) is 48.5 Å². The monoisotopic (exact) mass is 372 g/mol. The fourth-order valence-electron chi connectivity index (χ4n) is 2.58. The van der Waals surface area contributed by atoms with Gasteiger partial charge in [-0.3, -0.25) is 19.3 Å². The molecule has 0 saturated carbocycles. The second-order valence-corrected chi connectivity index (χ2v) is 6.30. The van der Waals surface area contributed by atoms with Gasteiger partial charge in [0.2, 0.25) is 11.8 Å². The van der Waals surface area contributed by atoms with E-state index in [-0.39, 0.29) is 43.7 Å². The maximum absolute atomic E-state index is 12.0. The van der Waals surface area contributed by atoms with E-state index in [1.165, 1.54) is 4.90 Å². The average molecular weight is 373 g/mol. The van der Waals surface area contributed by atoms with E-state index in [0.717, 1.165) is 5.56 Å². The minimum Gasteiger partial charge on any atom is -0.484 e. The summed E-state index contributed by atoms with van der Waals surface area (Å²) in [7, 11) is 0. The summed E-state index contributed by atoms with van der Waals surface area (Å²) in [4.78, 5) is 36.5. The topological polar surface area (TPSA) is 75.7 Å². The Morgan fingerprint density at radius 1 is 1.08 bits per heavy atom. The molecule has 2 aromatic rings. The summed E-state index contributed by atoms with van der Waals surface area (Å²) in [6.45, 7) is 0.114. The number of amides is 3. The van der Waals surface area contributed by atoms with Crippen LogP contribution < -0.4 is 10.1 Å². The highest BCUT2D eigenvalue weighted by atomic mass is 35.5. The van der Waals surface area contributed by atoms with Crippen molar-refractivity contribution < 1.29 is 19.1 Å². The van der Waals surface area contributed by atoms with Gasteiger partial charge >= 0.3 is 0 Å². The third kappa shape index (κ3) is 4.61. The minimum absolute atomic E-state index is 0.140. The van der Waals surface area contributed by atoms with Gasteiger partial charge in [0.25, 0.3) is 5.91 Å². The second kappa shape index (κ2) is 8.01. The van der Waals surface area contributed by atoms with Gasteiger partial charge in [0.05, 0.1) is 6.54 Å². The number of ether oxygens (including phenoxy) is 1. The fourth-order valence-corrected chi connectivity index (χ4v) is 2.76. The summed E-state index contributed by atoms with van der Waals surface area (Å²) in [5.41, 5.74) is 1.43. The lowest BCUT2D eigenvalue weighted by atomic mass is 10.2. The van der Waals surface area contributed by atoms with Crippen LogP contribution in [-0.2, 0) is 20.9 Å². The normalized spacial score (nSPS) is 13.8. The zero-order valence-electron chi connectivity index (χ0n) is 13.9. The maximum atomic E-state index is 12.0. The first-order valence-electron chi connectivity index (χ1n) is 8.11. The van der Waals surface area contributed by atoms with E-state index in [1.54, 1.807) is 48.5 Å². The van der Waals surface area contributed by atoms with Crippen molar-refractivity contribution in [2.24, 2.45) is 0 Å². The van der Waals surface area contributed by atoms with Gasteiger partial charge in [0.15, 0.2) is 6.61 Å². The zero-order chi connectivity index (χ0) is 18.5. The molecule has 0 aromatic heterocycles. The molecule has 1 N–H and O–H groups in total. The summed E-state index contributed by atoms with van der Waals surface area (Å²) in [5.74, 6) is -0.0818. The van der Waals surface area contributed by atoms with Gasteiger partial charge in [-0.15, -0.1) is 0 Å². The average Bonchev–Trinajstić information content (AvgIpc) is 2.94. The molecule has 1 saturated heterocycles. The standard InChI is InChI=1S/C19H17ClN2O4/c20-14-2-1-3-16(10-14)26-12-17(23)21-15-6-4-13(5-7-15)11-22-18(24)8-9-19(22)25/h1-7,10H,8-9,11-12H2,(H,21,23). The van der Waals surface area contributed by atoms with Crippen LogP contribution in [0.2, 0.25) is 5.02 Å². The van der Waals surface area contributed by atoms with Gasteiger partial charge < -0.3 is 10.1 Å². The number of carbonyl (C=O) groups is 3. The molecule has 3 rings (SSSR count). The Bertz CT molecular complexity index is 820. The Morgan fingerprint density at radius 2 is 1.77 bits per heavy atom. The van der Waals surface area contributed by atoms with Crippen LogP contribution in [0, 0.1) is 0 Å². The van der Waals surface area contributed by atoms with Crippen molar-refractivity contribution in [3.8, 4) is 5.75 Å². The molecule has 134 valence electrons. The highest BCUT2D eigenvalue weighted by molar-refractivity contribution is 6.30. The Labute approximate surface area is 155 Å². The Kier molecular flexibility index (Phi) is 5.53. The van der Waals surface area contributed by atoms with Crippen molar-refractivity contribution >= 4 is 35.0 Å². The van der Waals surface area contributed by atoms with Crippen molar-refractivity contribution in [1.82, 2.24) is 4.90 Å². The smallest absolute Gasteiger partial charge is 0.262 e. The molecule has 0 aliphatic carbocycles. The molecular weight excluding hydrogens is 356 g/mol. The van der Waals surface area contributed by atoms with Crippen LogP contribution in [0.25, 0.3) is 0 Å². The first kappa shape index (κ1) is 17.9. The number of nitrogens with zero attached hydrogens (tertiary/aromatic N) is 1. The molecule has 1 aliphatic rings. The number of likely N-dealkylation sites (tertiary alicyclic amines) is 1. The van der Waals surface area contributed by atoms with Gasteiger partial charge in [0.1, 0.15) is 5.75 Å². The van der Waals surface area contributed by atoms with Gasteiger partial charge in [-0.25, -0.2) is 0 Å². The SMILES string of the molecule is O=C(COc1cccc(Cl)c1)Nc1ccc(CN2C(=O)CCC2=O)cc1. The van der Waals surface area contributed by atoms with E-state index in [1.807, 2.05) is 0 Å². The van der Waals surface area contributed by atoms with Crippen molar-refractivity contribution in [3.63, 3.8) is 0 Å². The number of carbonyl (C=O) groups excluding carboxylic acids is 3. The van der Waals surface area contributed by atoms with Gasteiger partial charge in [0, 0.05) is 23.6 Å². The molecule has 6 nitrogen and oxygen atoms in total. The molecule has 0 radical (unpaired) electrons. The number of benzene rings is 2. The molecule has 0 unspecified atom stereocenters. The fraction of sp³-hybridized carbons (Fsp3) is 0.211. The number of hydrogen-bond acceptors (Lipinski definition) is 4. The number of imide groups is 1. The predicted molar refractivity (Wildman–Crippen MR) is 96.8 cm³/mol. The van der Waals surface area contributed by atoms with E-state index in [9.17, 15) is 14.4 Å². The summed E-state index contributed by atoms with van der Waals surface area (Å²) in [6, 6.07) is 13.8. The molecule has 7 heteroatoms. The molecule has 0 spiro atoms. The van der Waals surface area contributed by atoms with Crippen LogP contribution in [0.5, 0.6) is 5.75 Å². The third-order valence-electron chi connectivity index (χ3n) is 3.90. The van der Waals surface area contributed by atoms with Crippen LogP contribution in [0.4, 0.5) is 5.69 Å². The third-order valence-corrected chi connectivity index (χ3v) is 4.13. The van der Waals surface area contributed by atoms with Gasteiger partial charge in [-0.2, -0.15) is 0 Å². The van der Waals surface area contributed by atoms with Gasteiger partial charge in [-0.05, 0) is 35.9 Å². The van der Waals surface area contributed by atoms with Gasteiger partial charge in [-0.1, -0.05) is 29.8 Å². The zero-order valence-corrected chi connectivity index (χ0v) is 14.7. The lowest BCUT2D eigenvalue weighted by Gasteiger charge is -2.14. The largest absolute Gasteiger partial charge is 0.484 e. The van der Waals surface area contributed by atoms with Crippen molar-refractivity contribution in [2.75, 3.05) is 11.9 Å². The maximum Gasteiger partial charge on any atom is 0.262 e. The van der Waals surface area contributed by atoms with Crippen LogP contribution in [0.1, 0.15) is 18.4 Å². The second-order valence-electron chi connectivity index (χ2n) is 5.86. The minimum atomic E-state index is -0.303. The first-order chi connectivity index (χ1) is 12.5. The Balaban J connectivity index is 1.51. The summed E-state index contributed by atoms with van der Waals surface area (Å²) < 4.78 is 5.38. The van der Waals surface area contributed by atoms with E-state index in [0.29, 0.717) is 16.5 Å². The molecule has 1 heterocycles. The molecule has 0 bridgehead atoms. The van der Waals surface area contributed by atoms with Crippen molar-refractivity contribution in [2.45, 2.75) is 19.4 Å². The Hall–Kier alpha value is -2.86. The van der Waals surface area contributed by atoms with Crippen molar-refractivity contribution in [3.05, 3.63) is 59.1 Å². The highest BCUT2D eigenvalue weighted by Gasteiger charge is 2.28. The van der Waals surface area contributed by atoms with E-state index >= 15 is 0 Å². The Morgan fingerprint density at radius 3 is 2.42 bits per heavy atom. The van der Waals surface area contributed by atoms with Crippen LogP contribution >= 0.6 is 11.6 Å². The van der Waals surface area contributed by atoms with Crippen LogP contribution in [0.3, 0.4) is 0 Å². The number of hydrogen-bond donors (Lipinski definition) is 1. The number of halogens is 1. The molecule has 3 amide bonds. The number of nitrogens with one attached hydrogen (secondary N) is 1. The number of anilines is 1. The quantitative estimate of drug-likeness (QED) is 0.791. The molecule has 0 atom stereocenters. The summed E-state index contributed by atoms with van der Waals surface area (Å²) in [6.07, 6.45) is 0.555. The van der Waals surface area contributed by atoms with E-state index in [2.05, 4.69) is 5.32 Å². The van der Waals surface area contributed by atoms with Crippen LogP contribution in [-0.4, -0.2) is 29.2 Å². The molecule has 2 aromatic carbocycles. The van der Waals surface area contributed by atoms with E-state index < -0.39 is 0 Å². The molecule has 1 fully saturated rings. The number of rotatable bonds is 6. The summed E-state index contributed by atoms with van der Waals surface area (Å²) >= 11 is 5.86. The van der Waals surface area contributed by atoms with Crippen molar-refractivity contribution in [1.29, 1.82) is 0 Å².